The van der Waals surface area contributed by atoms with E-state index in [0.29, 0.717) is 0 Å². The summed E-state index contributed by atoms with van der Waals surface area (Å²) in [6.45, 7) is 2.19. The molecule has 0 radical (unpaired) electrons. The lowest BCUT2D eigenvalue weighted by Crippen LogP contribution is -2.14. The Hall–Kier alpha value is -1.86. The molecule has 1 aliphatic carbocycles. The molecule has 4 rings (SSSR count). The van der Waals surface area contributed by atoms with E-state index < -0.39 is 0 Å². The Morgan fingerprint density at radius 2 is 1.15 bits per heavy atom. The Labute approximate surface area is 120 Å². The van der Waals surface area contributed by atoms with Gasteiger partial charge in [-0.1, -0.05) is 48.5 Å². The van der Waals surface area contributed by atoms with E-state index >= 15 is 0 Å². The van der Waals surface area contributed by atoms with Gasteiger partial charge in [0.15, 0.2) is 0 Å². The van der Waals surface area contributed by atoms with Gasteiger partial charge in [0.05, 0.1) is 0 Å². The maximum absolute atomic E-state index is 3.54. The highest BCUT2D eigenvalue weighted by Crippen LogP contribution is 2.39. The molecule has 0 spiro atoms. The fourth-order valence-electron chi connectivity index (χ4n) is 3.59. The molecule has 0 amide bonds. The van der Waals surface area contributed by atoms with Crippen molar-refractivity contribution in [2.24, 2.45) is 0 Å². The average molecular weight is 261 g/mol. The zero-order chi connectivity index (χ0) is 13.4. The van der Waals surface area contributed by atoms with Gasteiger partial charge in [-0.15, -0.1) is 0 Å². The first-order chi connectivity index (χ1) is 9.93. The minimum Gasteiger partial charge on any atom is -0.316 e. The molecule has 2 aromatic carbocycles. The van der Waals surface area contributed by atoms with Crippen LogP contribution in [-0.4, -0.2) is 13.1 Å². The van der Waals surface area contributed by atoms with Gasteiger partial charge < -0.3 is 5.32 Å². The zero-order valence-electron chi connectivity index (χ0n) is 11.7. The van der Waals surface area contributed by atoms with Crippen LogP contribution in [0.25, 0.3) is 11.1 Å². The summed E-state index contributed by atoms with van der Waals surface area (Å²) >= 11 is 0. The smallest absolute Gasteiger partial charge is 0.000790 e. The van der Waals surface area contributed by atoms with Crippen molar-refractivity contribution in [3.05, 3.63) is 70.8 Å². The summed E-state index contributed by atoms with van der Waals surface area (Å²) in [4.78, 5) is 0. The van der Waals surface area contributed by atoms with Crippen LogP contribution in [0.3, 0.4) is 0 Å². The molecule has 20 heavy (non-hydrogen) atoms. The summed E-state index contributed by atoms with van der Waals surface area (Å²) < 4.78 is 0. The maximum atomic E-state index is 3.54. The molecular formula is C19H19N. The third-order valence-corrected chi connectivity index (χ3v) is 4.53. The first-order valence-corrected chi connectivity index (χ1v) is 7.53. The topological polar surface area (TPSA) is 12.0 Å². The number of hydrogen-bond donors (Lipinski definition) is 1. The summed E-state index contributed by atoms with van der Waals surface area (Å²) in [7, 11) is 0. The lowest BCUT2D eigenvalue weighted by molar-refractivity contribution is 0.720. The van der Waals surface area contributed by atoms with E-state index in [0.717, 1.165) is 32.4 Å². The van der Waals surface area contributed by atoms with E-state index in [4.69, 9.17) is 0 Å². The molecule has 0 saturated heterocycles. The highest BCUT2D eigenvalue weighted by Gasteiger charge is 2.21. The van der Waals surface area contributed by atoms with Crippen LogP contribution >= 0.6 is 0 Å². The van der Waals surface area contributed by atoms with Gasteiger partial charge in [0.1, 0.15) is 0 Å². The first kappa shape index (κ1) is 11.9. The monoisotopic (exact) mass is 261 g/mol. The summed E-state index contributed by atoms with van der Waals surface area (Å²) in [6, 6.07) is 17.9. The van der Waals surface area contributed by atoms with E-state index in [9.17, 15) is 0 Å². The van der Waals surface area contributed by atoms with Crippen LogP contribution in [0, 0.1) is 0 Å². The van der Waals surface area contributed by atoms with Crippen molar-refractivity contribution in [1.29, 1.82) is 0 Å². The molecule has 1 heteroatoms. The SMILES string of the molecule is c1ccc2c(c1)Cc1ccccc1C1=C2CCNCC1. The van der Waals surface area contributed by atoms with Gasteiger partial charge in [0, 0.05) is 0 Å². The fraction of sp³-hybridized carbons (Fsp3) is 0.263. The molecule has 1 aliphatic heterocycles. The Morgan fingerprint density at radius 3 is 1.70 bits per heavy atom. The lowest BCUT2D eigenvalue weighted by atomic mass is 9.91. The molecule has 1 nitrogen and oxygen atoms in total. The van der Waals surface area contributed by atoms with Crippen molar-refractivity contribution in [3.63, 3.8) is 0 Å². The predicted octanol–water partition coefficient (Wildman–Crippen LogP) is 3.89. The number of nitrogens with one attached hydrogen (secondary N) is 1. The lowest BCUT2D eigenvalue weighted by Gasteiger charge is -2.13. The second-order valence-corrected chi connectivity index (χ2v) is 5.70. The van der Waals surface area contributed by atoms with Crippen molar-refractivity contribution in [1.82, 2.24) is 5.32 Å². The molecule has 0 atom stereocenters. The van der Waals surface area contributed by atoms with Gasteiger partial charge in [-0.05, 0) is 65.8 Å². The molecule has 1 N–H and O–H groups in total. The Morgan fingerprint density at radius 1 is 0.650 bits per heavy atom. The van der Waals surface area contributed by atoms with Gasteiger partial charge in [-0.3, -0.25) is 0 Å². The van der Waals surface area contributed by atoms with Crippen LogP contribution in [-0.2, 0) is 6.42 Å². The molecule has 100 valence electrons. The average Bonchev–Trinajstić information content (AvgIpc) is 2.79. The molecule has 1 heterocycles. The molecule has 0 unspecified atom stereocenters. The van der Waals surface area contributed by atoms with E-state index in [2.05, 4.69) is 53.8 Å². The normalized spacial score (nSPS) is 17.6. The summed E-state index contributed by atoms with van der Waals surface area (Å²) in [5, 5.41) is 3.54. The van der Waals surface area contributed by atoms with Crippen LogP contribution in [0.4, 0.5) is 0 Å². The number of rotatable bonds is 0. The zero-order valence-corrected chi connectivity index (χ0v) is 11.7. The van der Waals surface area contributed by atoms with Crippen LogP contribution < -0.4 is 5.32 Å². The summed E-state index contributed by atoms with van der Waals surface area (Å²) in [5.74, 6) is 0. The number of hydrogen-bond acceptors (Lipinski definition) is 1. The third kappa shape index (κ3) is 1.90. The predicted molar refractivity (Wildman–Crippen MR) is 84.6 cm³/mol. The van der Waals surface area contributed by atoms with Gasteiger partial charge in [0.2, 0.25) is 0 Å². The van der Waals surface area contributed by atoms with Crippen molar-refractivity contribution in [2.45, 2.75) is 19.3 Å². The minimum atomic E-state index is 1.06. The highest BCUT2D eigenvalue weighted by molar-refractivity contribution is 5.94. The molecule has 0 bridgehead atoms. The van der Waals surface area contributed by atoms with E-state index in [1.165, 1.54) is 22.3 Å². The standard InChI is InChI=1S/C19H19N/c1-3-7-16-14(5-1)13-15-6-2-4-8-17(15)19-10-12-20-11-9-18(16)19/h1-8,20H,9-13H2. The molecule has 2 aromatic rings. The van der Waals surface area contributed by atoms with Crippen molar-refractivity contribution in [3.8, 4) is 0 Å². The van der Waals surface area contributed by atoms with Crippen molar-refractivity contribution < 1.29 is 0 Å². The fourth-order valence-corrected chi connectivity index (χ4v) is 3.59. The molecular weight excluding hydrogens is 242 g/mol. The van der Waals surface area contributed by atoms with E-state index in [-0.39, 0.29) is 0 Å². The number of fused-ring (bicyclic) bond motifs is 4. The Balaban J connectivity index is 2.01. The molecule has 0 fully saturated rings. The largest absolute Gasteiger partial charge is 0.316 e. The van der Waals surface area contributed by atoms with E-state index in [1.807, 2.05) is 0 Å². The van der Waals surface area contributed by atoms with Crippen LogP contribution in [0.5, 0.6) is 0 Å². The van der Waals surface area contributed by atoms with Crippen molar-refractivity contribution in [2.75, 3.05) is 13.1 Å². The first-order valence-electron chi connectivity index (χ1n) is 7.53. The second kappa shape index (κ2) is 4.92. The van der Waals surface area contributed by atoms with E-state index in [1.54, 1.807) is 11.1 Å². The van der Waals surface area contributed by atoms with Gasteiger partial charge >= 0.3 is 0 Å². The molecule has 2 aliphatic rings. The molecule has 0 saturated carbocycles. The molecule has 0 aromatic heterocycles. The summed E-state index contributed by atoms with van der Waals surface area (Å²) in [6.07, 6.45) is 3.34. The van der Waals surface area contributed by atoms with Gasteiger partial charge in [-0.25, -0.2) is 0 Å². The van der Waals surface area contributed by atoms with Crippen LogP contribution in [0.1, 0.15) is 35.1 Å². The Bertz CT molecular complexity index is 624. The highest BCUT2D eigenvalue weighted by atomic mass is 14.8. The minimum absolute atomic E-state index is 1.06. The van der Waals surface area contributed by atoms with Crippen LogP contribution in [0.15, 0.2) is 48.5 Å². The Kier molecular flexibility index (Phi) is 2.93. The van der Waals surface area contributed by atoms with Gasteiger partial charge in [-0.2, -0.15) is 0 Å². The maximum Gasteiger partial charge on any atom is -0.000790 e. The van der Waals surface area contributed by atoms with Crippen LogP contribution in [0.2, 0.25) is 0 Å². The second-order valence-electron chi connectivity index (χ2n) is 5.70. The van der Waals surface area contributed by atoms with Crippen molar-refractivity contribution >= 4 is 11.1 Å². The third-order valence-electron chi connectivity index (χ3n) is 4.53. The number of benzene rings is 2. The summed E-state index contributed by atoms with van der Waals surface area (Å²) in [5.41, 5.74) is 9.04. The van der Waals surface area contributed by atoms with Gasteiger partial charge in [0.25, 0.3) is 0 Å². The quantitative estimate of drug-likeness (QED) is 0.758.